The van der Waals surface area contributed by atoms with Crippen LogP contribution in [0.3, 0.4) is 0 Å². The molecule has 0 amide bonds. The van der Waals surface area contributed by atoms with Gasteiger partial charge in [-0.25, -0.2) is 0 Å². The third-order valence-electron chi connectivity index (χ3n) is 4.14. The molecule has 3 aromatic carbocycles. The van der Waals surface area contributed by atoms with Crippen LogP contribution in [-0.2, 0) is 0 Å². The third-order valence-corrected chi connectivity index (χ3v) is 4.14. The lowest BCUT2D eigenvalue weighted by molar-refractivity contribution is 1.06. The highest BCUT2D eigenvalue weighted by atomic mass is 15.1. The van der Waals surface area contributed by atoms with Crippen molar-refractivity contribution in [3.8, 4) is 22.4 Å². The Morgan fingerprint density at radius 2 is 1.60 bits per heavy atom. The van der Waals surface area contributed by atoms with Gasteiger partial charge in [0.2, 0.25) is 0 Å². The normalized spacial score (nSPS) is 12.0. The van der Waals surface area contributed by atoms with Crippen molar-refractivity contribution in [2.45, 2.75) is 0 Å². The summed E-state index contributed by atoms with van der Waals surface area (Å²) in [5.74, 6) is 0. The van der Waals surface area contributed by atoms with Crippen molar-refractivity contribution in [1.29, 1.82) is 0 Å². The molecular weight excluding hydrogens is 244 g/mol. The Labute approximate surface area is 115 Å². The first kappa shape index (κ1) is 10.1. The van der Waals surface area contributed by atoms with E-state index in [2.05, 4.69) is 64.8 Å². The van der Waals surface area contributed by atoms with Gasteiger partial charge >= 0.3 is 0 Å². The van der Waals surface area contributed by atoms with Gasteiger partial charge in [-0.2, -0.15) is 5.10 Å². The van der Waals surface area contributed by atoms with E-state index in [0.717, 1.165) is 11.1 Å². The number of benzene rings is 3. The van der Waals surface area contributed by atoms with Crippen LogP contribution in [0.5, 0.6) is 0 Å². The number of fused-ring (bicyclic) bond motifs is 5. The van der Waals surface area contributed by atoms with Gasteiger partial charge in [-0.15, -0.1) is 5.10 Å². The Hall–Kier alpha value is -2.74. The van der Waals surface area contributed by atoms with Crippen LogP contribution in [0.4, 0.5) is 0 Å². The predicted molar refractivity (Wildman–Crippen MR) is 81.5 cm³/mol. The molecule has 0 atom stereocenters. The van der Waals surface area contributed by atoms with Gasteiger partial charge in [0, 0.05) is 16.3 Å². The lowest BCUT2D eigenvalue weighted by Crippen LogP contribution is -1.86. The molecule has 1 heterocycles. The van der Waals surface area contributed by atoms with Crippen LogP contribution in [0.25, 0.3) is 43.9 Å². The molecule has 20 heavy (non-hydrogen) atoms. The average Bonchev–Trinajstić information content (AvgIpc) is 2.85. The Morgan fingerprint density at radius 3 is 2.60 bits per heavy atom. The second-order valence-electron chi connectivity index (χ2n) is 5.17. The van der Waals surface area contributed by atoms with Crippen LogP contribution in [0, 0.1) is 0 Å². The largest absolute Gasteiger partial charge is 0.158 e. The number of aromatic nitrogens is 2. The van der Waals surface area contributed by atoms with Gasteiger partial charge in [0.1, 0.15) is 5.69 Å². The molecule has 92 valence electrons. The topological polar surface area (TPSA) is 25.8 Å². The molecule has 0 unspecified atom stereocenters. The summed E-state index contributed by atoms with van der Waals surface area (Å²) in [4.78, 5) is 0. The van der Waals surface area contributed by atoms with E-state index in [1.54, 1.807) is 0 Å². The van der Waals surface area contributed by atoms with E-state index in [9.17, 15) is 0 Å². The molecule has 1 aliphatic carbocycles. The molecule has 5 rings (SSSR count). The van der Waals surface area contributed by atoms with E-state index in [4.69, 9.17) is 0 Å². The summed E-state index contributed by atoms with van der Waals surface area (Å²) in [5.41, 5.74) is 4.78. The summed E-state index contributed by atoms with van der Waals surface area (Å²) in [6, 6.07) is 19.2. The molecule has 0 saturated heterocycles. The predicted octanol–water partition coefficient (Wildman–Crippen LogP) is 4.43. The molecule has 4 aromatic rings. The Bertz CT molecular complexity index is 997. The van der Waals surface area contributed by atoms with Crippen molar-refractivity contribution in [2.24, 2.45) is 0 Å². The van der Waals surface area contributed by atoms with Crippen LogP contribution in [0.1, 0.15) is 0 Å². The summed E-state index contributed by atoms with van der Waals surface area (Å²) in [6.45, 7) is 0. The van der Waals surface area contributed by atoms with Gasteiger partial charge in [0.25, 0.3) is 0 Å². The number of hydrogen-bond acceptors (Lipinski definition) is 2. The molecule has 2 nitrogen and oxygen atoms in total. The highest BCUT2D eigenvalue weighted by Crippen LogP contribution is 2.48. The molecule has 0 aliphatic heterocycles. The average molecular weight is 254 g/mol. The van der Waals surface area contributed by atoms with E-state index in [1.165, 1.54) is 32.8 Å². The maximum absolute atomic E-state index is 4.42. The summed E-state index contributed by atoms with van der Waals surface area (Å²) in [5, 5.41) is 13.5. The minimum atomic E-state index is 1.02. The van der Waals surface area contributed by atoms with E-state index in [-0.39, 0.29) is 0 Å². The van der Waals surface area contributed by atoms with Crippen molar-refractivity contribution < 1.29 is 0 Å². The van der Waals surface area contributed by atoms with Crippen molar-refractivity contribution in [3.05, 3.63) is 60.8 Å². The minimum absolute atomic E-state index is 1.02. The first-order valence-corrected chi connectivity index (χ1v) is 6.70. The van der Waals surface area contributed by atoms with E-state index >= 15 is 0 Å². The van der Waals surface area contributed by atoms with Gasteiger partial charge in [-0.3, -0.25) is 0 Å². The molecule has 1 aromatic heterocycles. The van der Waals surface area contributed by atoms with E-state index in [0.29, 0.717) is 0 Å². The zero-order valence-electron chi connectivity index (χ0n) is 10.7. The van der Waals surface area contributed by atoms with Gasteiger partial charge in [-0.1, -0.05) is 54.6 Å². The maximum Gasteiger partial charge on any atom is 0.103 e. The van der Waals surface area contributed by atoms with Crippen LogP contribution >= 0.6 is 0 Å². The molecule has 0 N–H and O–H groups in total. The van der Waals surface area contributed by atoms with Crippen molar-refractivity contribution in [2.75, 3.05) is 0 Å². The number of rotatable bonds is 0. The highest BCUT2D eigenvalue weighted by Gasteiger charge is 2.24. The molecule has 0 spiro atoms. The van der Waals surface area contributed by atoms with Crippen molar-refractivity contribution >= 4 is 21.5 Å². The molecule has 1 aliphatic rings. The van der Waals surface area contributed by atoms with Gasteiger partial charge in [-0.05, 0) is 21.9 Å². The first-order valence-electron chi connectivity index (χ1n) is 6.70. The summed E-state index contributed by atoms with van der Waals surface area (Å²) < 4.78 is 0. The zero-order valence-corrected chi connectivity index (χ0v) is 10.7. The maximum atomic E-state index is 4.42. The lowest BCUT2D eigenvalue weighted by atomic mass is 9.98. The van der Waals surface area contributed by atoms with Crippen LogP contribution in [-0.4, -0.2) is 10.2 Å². The zero-order chi connectivity index (χ0) is 13.1. The van der Waals surface area contributed by atoms with Crippen LogP contribution in [0.15, 0.2) is 60.8 Å². The molecule has 0 saturated carbocycles. The SMILES string of the molecule is c1ccc2c3c(ccc2c1)-c1cccc2cnnc-3c12. The van der Waals surface area contributed by atoms with Gasteiger partial charge in [0.15, 0.2) is 0 Å². The fraction of sp³-hybridized carbons (Fsp3) is 0. The Balaban J connectivity index is 2.08. The quantitative estimate of drug-likeness (QED) is 0.408. The summed E-state index contributed by atoms with van der Waals surface area (Å²) in [6.07, 6.45) is 1.84. The minimum Gasteiger partial charge on any atom is -0.158 e. The van der Waals surface area contributed by atoms with Crippen LogP contribution in [0.2, 0.25) is 0 Å². The second kappa shape index (κ2) is 3.42. The number of hydrogen-bond donors (Lipinski definition) is 0. The molecule has 0 fully saturated rings. The van der Waals surface area contributed by atoms with E-state index < -0.39 is 0 Å². The van der Waals surface area contributed by atoms with Gasteiger partial charge in [0.05, 0.1) is 6.20 Å². The fourth-order valence-corrected chi connectivity index (χ4v) is 3.29. The monoisotopic (exact) mass is 254 g/mol. The molecule has 0 radical (unpaired) electrons. The standard InChI is InChI=1S/C18H10N2/c1-2-6-13-11(4-1)8-9-15-14-7-3-5-12-10-19-20-18(16(12)14)17(13)15/h1-10H. The lowest BCUT2D eigenvalue weighted by Gasteiger charge is -2.05. The Morgan fingerprint density at radius 1 is 0.700 bits per heavy atom. The van der Waals surface area contributed by atoms with E-state index in [1.807, 2.05) is 6.20 Å². The smallest absolute Gasteiger partial charge is 0.103 e. The fourth-order valence-electron chi connectivity index (χ4n) is 3.29. The molecule has 2 heteroatoms. The molecule has 0 bridgehead atoms. The van der Waals surface area contributed by atoms with Gasteiger partial charge < -0.3 is 0 Å². The van der Waals surface area contributed by atoms with Crippen molar-refractivity contribution in [1.82, 2.24) is 10.2 Å². The van der Waals surface area contributed by atoms with Crippen LogP contribution < -0.4 is 0 Å². The summed E-state index contributed by atoms with van der Waals surface area (Å²) in [7, 11) is 0. The number of nitrogens with zero attached hydrogens (tertiary/aromatic N) is 2. The third kappa shape index (κ3) is 1.09. The second-order valence-corrected chi connectivity index (χ2v) is 5.17. The highest BCUT2D eigenvalue weighted by molar-refractivity contribution is 6.19. The Kier molecular flexibility index (Phi) is 1.73. The molecular formula is C18H10N2. The van der Waals surface area contributed by atoms with Crippen molar-refractivity contribution in [3.63, 3.8) is 0 Å². The first-order chi connectivity index (χ1) is 9.93. The summed E-state index contributed by atoms with van der Waals surface area (Å²) >= 11 is 0.